The van der Waals surface area contributed by atoms with E-state index in [1.807, 2.05) is 29.2 Å². The molecule has 2 amide bonds. The quantitative estimate of drug-likeness (QED) is 0.777. The highest BCUT2D eigenvalue weighted by Gasteiger charge is 2.12. The largest absolute Gasteiger partial charge is 0.497 e. The van der Waals surface area contributed by atoms with Gasteiger partial charge in [-0.2, -0.15) is 0 Å². The lowest BCUT2D eigenvalue weighted by atomic mass is 10.2. The van der Waals surface area contributed by atoms with Crippen molar-refractivity contribution < 1.29 is 9.53 Å². The number of amides is 2. The normalized spacial score (nSPS) is 10.2. The molecule has 0 aliphatic rings. The van der Waals surface area contributed by atoms with Crippen LogP contribution in [0.5, 0.6) is 5.75 Å². The first-order valence-corrected chi connectivity index (χ1v) is 7.41. The molecular formula is C16H26N2O2. The van der Waals surface area contributed by atoms with Gasteiger partial charge in [0, 0.05) is 24.8 Å². The molecule has 0 heterocycles. The monoisotopic (exact) mass is 278 g/mol. The van der Waals surface area contributed by atoms with Crippen LogP contribution in [0, 0.1) is 0 Å². The Kier molecular flexibility index (Phi) is 7.55. The van der Waals surface area contributed by atoms with Gasteiger partial charge >= 0.3 is 6.03 Å². The number of methoxy groups -OCH3 is 1. The minimum atomic E-state index is -0.0276. The lowest BCUT2D eigenvalue weighted by Crippen LogP contribution is -2.36. The average Bonchev–Trinajstić information content (AvgIpc) is 2.47. The number of carbonyl (C=O) groups is 1. The van der Waals surface area contributed by atoms with Gasteiger partial charge in [0.15, 0.2) is 0 Å². The van der Waals surface area contributed by atoms with Crippen LogP contribution >= 0.6 is 0 Å². The van der Waals surface area contributed by atoms with Crippen LogP contribution < -0.4 is 10.1 Å². The minimum Gasteiger partial charge on any atom is -0.497 e. The van der Waals surface area contributed by atoms with E-state index in [9.17, 15) is 4.79 Å². The van der Waals surface area contributed by atoms with Gasteiger partial charge in [-0.25, -0.2) is 4.79 Å². The van der Waals surface area contributed by atoms with Crippen molar-refractivity contribution >= 4 is 11.7 Å². The SMILES string of the molecule is CCCCN(CCCC)C(=O)Nc1cccc(OC)c1. The predicted molar refractivity (Wildman–Crippen MR) is 83.4 cm³/mol. The highest BCUT2D eigenvalue weighted by atomic mass is 16.5. The van der Waals surface area contributed by atoms with Crippen LogP contribution in [-0.2, 0) is 0 Å². The summed E-state index contributed by atoms with van der Waals surface area (Å²) in [5, 5.41) is 2.94. The minimum absolute atomic E-state index is 0.0276. The number of unbranched alkanes of at least 4 members (excludes halogenated alkanes) is 2. The van der Waals surface area contributed by atoms with Crippen molar-refractivity contribution in [2.45, 2.75) is 39.5 Å². The molecule has 4 nitrogen and oxygen atoms in total. The summed E-state index contributed by atoms with van der Waals surface area (Å²) in [6.07, 6.45) is 4.26. The van der Waals surface area contributed by atoms with E-state index in [1.165, 1.54) is 0 Å². The summed E-state index contributed by atoms with van der Waals surface area (Å²) in [6, 6.07) is 7.41. The number of nitrogens with zero attached hydrogens (tertiary/aromatic N) is 1. The van der Waals surface area contributed by atoms with Crippen molar-refractivity contribution in [1.82, 2.24) is 4.90 Å². The molecule has 0 aliphatic heterocycles. The first-order chi connectivity index (χ1) is 9.71. The Morgan fingerprint density at radius 2 is 1.85 bits per heavy atom. The van der Waals surface area contributed by atoms with Crippen molar-refractivity contribution in [1.29, 1.82) is 0 Å². The molecule has 0 spiro atoms. The number of urea groups is 1. The fourth-order valence-electron chi connectivity index (χ4n) is 1.92. The van der Waals surface area contributed by atoms with Gasteiger partial charge in [0.1, 0.15) is 5.75 Å². The smallest absolute Gasteiger partial charge is 0.321 e. The third-order valence-corrected chi connectivity index (χ3v) is 3.17. The number of hydrogen-bond donors (Lipinski definition) is 1. The van der Waals surface area contributed by atoms with Gasteiger partial charge in [0.2, 0.25) is 0 Å². The Bertz CT molecular complexity index is 399. The topological polar surface area (TPSA) is 41.6 Å². The number of anilines is 1. The van der Waals surface area contributed by atoms with E-state index in [0.717, 1.165) is 50.2 Å². The molecule has 1 aromatic rings. The number of nitrogens with one attached hydrogen (secondary N) is 1. The first-order valence-electron chi connectivity index (χ1n) is 7.41. The molecule has 1 aromatic carbocycles. The van der Waals surface area contributed by atoms with Gasteiger partial charge in [0.05, 0.1) is 7.11 Å². The second-order valence-electron chi connectivity index (χ2n) is 4.86. The number of ether oxygens (including phenoxy) is 1. The van der Waals surface area contributed by atoms with Crippen molar-refractivity contribution in [3.05, 3.63) is 24.3 Å². The van der Waals surface area contributed by atoms with Crippen molar-refractivity contribution in [2.24, 2.45) is 0 Å². The predicted octanol–water partition coefficient (Wildman–Crippen LogP) is 4.13. The van der Waals surface area contributed by atoms with Gasteiger partial charge < -0.3 is 15.0 Å². The zero-order valence-electron chi connectivity index (χ0n) is 12.8. The molecular weight excluding hydrogens is 252 g/mol. The Balaban J connectivity index is 2.63. The molecule has 0 atom stereocenters. The molecule has 1 rings (SSSR count). The summed E-state index contributed by atoms with van der Waals surface area (Å²) < 4.78 is 5.16. The van der Waals surface area contributed by atoms with Crippen molar-refractivity contribution in [3.63, 3.8) is 0 Å². The van der Waals surface area contributed by atoms with Crippen LogP contribution in [-0.4, -0.2) is 31.1 Å². The number of benzene rings is 1. The number of rotatable bonds is 8. The lowest BCUT2D eigenvalue weighted by Gasteiger charge is -2.23. The van der Waals surface area contributed by atoms with Gasteiger partial charge in [-0.05, 0) is 25.0 Å². The molecule has 4 heteroatoms. The highest BCUT2D eigenvalue weighted by molar-refractivity contribution is 5.89. The fraction of sp³-hybridized carbons (Fsp3) is 0.562. The van der Waals surface area contributed by atoms with E-state index in [1.54, 1.807) is 7.11 Å². The average molecular weight is 278 g/mol. The second kappa shape index (κ2) is 9.23. The standard InChI is InChI=1S/C16H26N2O2/c1-4-6-11-18(12-7-5-2)16(19)17-14-9-8-10-15(13-14)20-3/h8-10,13H,4-7,11-12H2,1-3H3,(H,17,19). The number of hydrogen-bond acceptors (Lipinski definition) is 2. The van der Waals surface area contributed by atoms with Crippen LogP contribution in [0.3, 0.4) is 0 Å². The third kappa shape index (κ3) is 5.51. The van der Waals surface area contributed by atoms with Gasteiger partial charge in [-0.1, -0.05) is 32.8 Å². The van der Waals surface area contributed by atoms with E-state index < -0.39 is 0 Å². The molecule has 112 valence electrons. The van der Waals surface area contributed by atoms with Crippen LogP contribution in [0.2, 0.25) is 0 Å². The van der Waals surface area contributed by atoms with Gasteiger partial charge in [0.25, 0.3) is 0 Å². The summed E-state index contributed by atoms with van der Waals surface area (Å²) in [5.41, 5.74) is 0.771. The van der Waals surface area contributed by atoms with E-state index in [4.69, 9.17) is 4.74 Å². The summed E-state index contributed by atoms with van der Waals surface area (Å²) in [5.74, 6) is 0.747. The molecule has 0 saturated heterocycles. The van der Waals surface area contributed by atoms with E-state index >= 15 is 0 Å². The van der Waals surface area contributed by atoms with Gasteiger partial charge in [-0.3, -0.25) is 0 Å². The summed E-state index contributed by atoms with van der Waals surface area (Å²) >= 11 is 0. The van der Waals surface area contributed by atoms with Crippen LogP contribution in [0.15, 0.2) is 24.3 Å². The zero-order valence-corrected chi connectivity index (χ0v) is 12.8. The zero-order chi connectivity index (χ0) is 14.8. The maximum absolute atomic E-state index is 12.3. The van der Waals surface area contributed by atoms with Gasteiger partial charge in [-0.15, -0.1) is 0 Å². The van der Waals surface area contributed by atoms with Crippen LogP contribution in [0.25, 0.3) is 0 Å². The molecule has 0 bridgehead atoms. The molecule has 0 aliphatic carbocycles. The molecule has 1 N–H and O–H groups in total. The molecule has 0 fully saturated rings. The van der Waals surface area contributed by atoms with Crippen LogP contribution in [0.1, 0.15) is 39.5 Å². The van der Waals surface area contributed by atoms with Crippen molar-refractivity contribution in [2.75, 3.05) is 25.5 Å². The van der Waals surface area contributed by atoms with E-state index in [2.05, 4.69) is 19.2 Å². The summed E-state index contributed by atoms with van der Waals surface area (Å²) in [6.45, 7) is 5.90. The Morgan fingerprint density at radius 1 is 1.20 bits per heavy atom. The fourth-order valence-corrected chi connectivity index (χ4v) is 1.92. The Labute approximate surface area is 122 Å². The highest BCUT2D eigenvalue weighted by Crippen LogP contribution is 2.17. The Morgan fingerprint density at radius 3 is 2.40 bits per heavy atom. The third-order valence-electron chi connectivity index (χ3n) is 3.17. The molecule has 0 unspecified atom stereocenters. The Hall–Kier alpha value is -1.71. The van der Waals surface area contributed by atoms with E-state index in [-0.39, 0.29) is 6.03 Å². The summed E-state index contributed by atoms with van der Waals surface area (Å²) in [7, 11) is 1.62. The van der Waals surface area contributed by atoms with Crippen LogP contribution in [0.4, 0.5) is 10.5 Å². The maximum Gasteiger partial charge on any atom is 0.321 e. The lowest BCUT2D eigenvalue weighted by molar-refractivity contribution is 0.210. The van der Waals surface area contributed by atoms with E-state index in [0.29, 0.717) is 0 Å². The first kappa shape index (κ1) is 16.3. The second-order valence-corrected chi connectivity index (χ2v) is 4.86. The molecule has 20 heavy (non-hydrogen) atoms. The van der Waals surface area contributed by atoms with Crippen molar-refractivity contribution in [3.8, 4) is 5.75 Å². The summed E-state index contributed by atoms with van der Waals surface area (Å²) in [4.78, 5) is 14.2. The maximum atomic E-state index is 12.3. The molecule has 0 radical (unpaired) electrons. The molecule has 0 saturated carbocycles. The number of carbonyl (C=O) groups excluding carboxylic acids is 1. The molecule has 0 aromatic heterocycles.